The Morgan fingerprint density at radius 3 is 2.76 bits per heavy atom. The number of methoxy groups -OCH3 is 1. The molecule has 1 aromatic heterocycles. The average Bonchev–Trinajstić information content (AvgIpc) is 2.93. The van der Waals surface area contributed by atoms with Gasteiger partial charge in [-0.05, 0) is 35.9 Å². The molecule has 1 heterocycles. The van der Waals surface area contributed by atoms with Gasteiger partial charge in [0.1, 0.15) is 17.3 Å². The predicted molar refractivity (Wildman–Crippen MR) is 77.2 cm³/mol. The average molecular weight is 308 g/mol. The summed E-state index contributed by atoms with van der Waals surface area (Å²) in [7, 11) is 1.42. The summed E-state index contributed by atoms with van der Waals surface area (Å²) in [6.45, 7) is 0. The largest absolute Gasteiger partial charge is 0.496 e. The molecule has 0 fully saturated rings. The van der Waals surface area contributed by atoms with Crippen molar-refractivity contribution in [2.45, 2.75) is 0 Å². The molecule has 0 unspecified atom stereocenters. The van der Waals surface area contributed by atoms with Crippen molar-refractivity contribution in [2.75, 3.05) is 7.11 Å². The van der Waals surface area contributed by atoms with E-state index in [-0.39, 0.29) is 5.69 Å². The lowest BCUT2D eigenvalue weighted by Gasteiger charge is -2.05. The number of allylic oxidation sites excluding steroid dienone is 1. The maximum Gasteiger partial charge on any atom is 0.273 e. The number of carbonyl (C=O) groups excluding carboxylic acids is 1. The summed E-state index contributed by atoms with van der Waals surface area (Å²) in [5.74, 6) is 1.21. The van der Waals surface area contributed by atoms with Gasteiger partial charge in [0.05, 0.1) is 23.7 Å². The summed E-state index contributed by atoms with van der Waals surface area (Å²) in [6, 6.07) is 7.53. The molecule has 0 saturated carbocycles. The minimum Gasteiger partial charge on any atom is -0.496 e. The first-order valence-corrected chi connectivity index (χ1v) is 6.19. The Bertz CT molecular complexity index is 720. The second kappa shape index (κ2) is 6.23. The van der Waals surface area contributed by atoms with E-state index in [1.165, 1.54) is 31.4 Å². The van der Waals surface area contributed by atoms with Gasteiger partial charge in [-0.1, -0.05) is 0 Å². The molecule has 0 radical (unpaired) electrons. The highest BCUT2D eigenvalue weighted by Gasteiger charge is 2.15. The summed E-state index contributed by atoms with van der Waals surface area (Å²) in [5.41, 5.74) is 0.495. The van der Waals surface area contributed by atoms with Crippen LogP contribution in [-0.2, 0) is 4.79 Å². The molecule has 7 heteroatoms. The number of nitrogens with zero attached hydrogens (tertiary/aromatic N) is 1. The van der Waals surface area contributed by atoms with E-state index in [4.69, 9.17) is 20.8 Å². The fourth-order valence-electron chi connectivity index (χ4n) is 1.73. The highest BCUT2D eigenvalue weighted by atomic mass is 35.5. The molecular weight excluding hydrogens is 298 g/mol. The van der Waals surface area contributed by atoms with Crippen LogP contribution in [0.5, 0.6) is 5.75 Å². The van der Waals surface area contributed by atoms with Crippen LogP contribution >= 0.6 is 11.6 Å². The van der Waals surface area contributed by atoms with Crippen LogP contribution in [0.3, 0.4) is 0 Å². The minimum absolute atomic E-state index is 0.0741. The first kappa shape index (κ1) is 14.8. The van der Waals surface area contributed by atoms with Gasteiger partial charge < -0.3 is 9.15 Å². The van der Waals surface area contributed by atoms with E-state index in [0.29, 0.717) is 22.8 Å². The summed E-state index contributed by atoms with van der Waals surface area (Å²) >= 11 is 5.20. The van der Waals surface area contributed by atoms with Crippen molar-refractivity contribution in [3.05, 3.63) is 52.3 Å². The number of rotatable bonds is 5. The number of furan rings is 1. The lowest BCUT2D eigenvalue weighted by molar-refractivity contribution is -0.384. The highest BCUT2D eigenvalue weighted by molar-refractivity contribution is 6.66. The van der Waals surface area contributed by atoms with Gasteiger partial charge >= 0.3 is 0 Å². The normalized spacial score (nSPS) is 10.8. The smallest absolute Gasteiger partial charge is 0.273 e. The Hall–Kier alpha value is -2.60. The van der Waals surface area contributed by atoms with Crippen LogP contribution in [0.4, 0.5) is 5.69 Å². The van der Waals surface area contributed by atoms with Crippen molar-refractivity contribution in [2.24, 2.45) is 0 Å². The Labute approximate surface area is 124 Å². The number of nitro groups is 1. The van der Waals surface area contributed by atoms with Crippen LogP contribution in [0.25, 0.3) is 17.4 Å². The van der Waals surface area contributed by atoms with Crippen LogP contribution in [0, 0.1) is 10.1 Å². The Morgan fingerprint density at radius 1 is 1.38 bits per heavy atom. The Balaban J connectivity index is 2.38. The van der Waals surface area contributed by atoms with Gasteiger partial charge in [-0.2, -0.15) is 0 Å². The molecule has 0 bridgehead atoms. The number of non-ortho nitro benzene ring substituents is 1. The van der Waals surface area contributed by atoms with Gasteiger partial charge in [0.15, 0.2) is 0 Å². The van der Waals surface area contributed by atoms with Gasteiger partial charge in [0.2, 0.25) is 5.24 Å². The van der Waals surface area contributed by atoms with Crippen molar-refractivity contribution in [3.8, 4) is 17.1 Å². The van der Waals surface area contributed by atoms with E-state index in [0.717, 1.165) is 6.08 Å². The monoisotopic (exact) mass is 307 g/mol. The van der Waals surface area contributed by atoms with Crippen LogP contribution in [0.2, 0.25) is 0 Å². The molecule has 21 heavy (non-hydrogen) atoms. The van der Waals surface area contributed by atoms with Gasteiger partial charge in [0.25, 0.3) is 5.69 Å². The zero-order valence-electron chi connectivity index (χ0n) is 10.9. The predicted octanol–water partition coefficient (Wildman–Crippen LogP) is 3.64. The third-order valence-corrected chi connectivity index (χ3v) is 2.79. The molecule has 2 aromatic rings. The minimum atomic E-state index is -0.610. The molecule has 0 aliphatic carbocycles. The lowest BCUT2D eigenvalue weighted by Crippen LogP contribution is -1.91. The molecule has 0 saturated heterocycles. The number of nitro benzene ring substituents is 1. The van der Waals surface area contributed by atoms with E-state index in [1.54, 1.807) is 12.1 Å². The van der Waals surface area contributed by atoms with E-state index in [9.17, 15) is 14.9 Å². The number of benzene rings is 1. The molecule has 0 atom stereocenters. The molecule has 0 spiro atoms. The van der Waals surface area contributed by atoms with Crippen LogP contribution in [0.15, 0.2) is 40.8 Å². The van der Waals surface area contributed by atoms with Crippen molar-refractivity contribution in [1.29, 1.82) is 0 Å². The molecule has 108 valence electrons. The molecular formula is C14H10ClNO5. The SMILES string of the molecule is COc1cc([N+](=O)[O-])ccc1-c1ccc(C=CC(=O)Cl)o1. The Morgan fingerprint density at radius 2 is 2.14 bits per heavy atom. The standard InChI is InChI=1S/C14H10ClNO5/c1-20-13-8-9(16(18)19)2-5-11(13)12-6-3-10(21-12)4-7-14(15)17/h2-8H,1H3. The fraction of sp³-hybridized carbons (Fsp3) is 0.0714. The second-order valence-corrected chi connectivity index (χ2v) is 4.35. The van der Waals surface area contributed by atoms with Gasteiger partial charge in [-0.3, -0.25) is 14.9 Å². The summed E-state index contributed by atoms with van der Waals surface area (Å²) in [4.78, 5) is 20.9. The number of hydrogen-bond donors (Lipinski definition) is 0. The summed E-state index contributed by atoms with van der Waals surface area (Å²) in [5, 5.41) is 10.1. The van der Waals surface area contributed by atoms with Gasteiger partial charge in [-0.15, -0.1) is 0 Å². The second-order valence-electron chi connectivity index (χ2n) is 3.98. The maximum absolute atomic E-state index is 10.7. The molecule has 0 aliphatic heterocycles. The van der Waals surface area contributed by atoms with Crippen LogP contribution in [-0.4, -0.2) is 17.3 Å². The molecule has 2 rings (SSSR count). The number of halogens is 1. The summed E-state index contributed by atoms with van der Waals surface area (Å²) in [6.07, 6.45) is 2.59. The number of ether oxygens (including phenoxy) is 1. The third kappa shape index (κ3) is 3.49. The first-order valence-electron chi connectivity index (χ1n) is 5.81. The van der Waals surface area contributed by atoms with Crippen molar-refractivity contribution in [3.63, 3.8) is 0 Å². The zero-order valence-corrected chi connectivity index (χ0v) is 11.7. The summed E-state index contributed by atoms with van der Waals surface area (Å²) < 4.78 is 10.7. The Kier molecular flexibility index (Phi) is 4.39. The molecule has 0 amide bonds. The third-order valence-electron chi connectivity index (χ3n) is 2.67. The van der Waals surface area contributed by atoms with Crippen molar-refractivity contribution >= 4 is 28.6 Å². The van der Waals surface area contributed by atoms with E-state index >= 15 is 0 Å². The first-order chi connectivity index (χ1) is 10.0. The van der Waals surface area contributed by atoms with Crippen molar-refractivity contribution in [1.82, 2.24) is 0 Å². The van der Waals surface area contributed by atoms with Gasteiger partial charge in [0, 0.05) is 12.1 Å². The van der Waals surface area contributed by atoms with E-state index in [1.807, 2.05) is 0 Å². The highest BCUT2D eigenvalue weighted by Crippen LogP contribution is 2.34. The van der Waals surface area contributed by atoms with Crippen LogP contribution < -0.4 is 4.74 Å². The molecule has 0 N–H and O–H groups in total. The number of carbonyl (C=O) groups is 1. The lowest BCUT2D eigenvalue weighted by atomic mass is 10.1. The molecule has 6 nitrogen and oxygen atoms in total. The topological polar surface area (TPSA) is 82.6 Å². The zero-order chi connectivity index (χ0) is 15.4. The quantitative estimate of drug-likeness (QED) is 0.364. The van der Waals surface area contributed by atoms with Crippen LogP contribution in [0.1, 0.15) is 5.76 Å². The van der Waals surface area contributed by atoms with E-state index in [2.05, 4.69) is 0 Å². The molecule has 1 aromatic carbocycles. The van der Waals surface area contributed by atoms with Gasteiger partial charge in [-0.25, -0.2) is 0 Å². The number of hydrogen-bond acceptors (Lipinski definition) is 5. The van der Waals surface area contributed by atoms with Crippen molar-refractivity contribution < 1.29 is 18.9 Å². The molecule has 0 aliphatic rings. The maximum atomic E-state index is 10.7. The van der Waals surface area contributed by atoms with E-state index < -0.39 is 10.2 Å². The fourth-order valence-corrected chi connectivity index (χ4v) is 1.79.